The van der Waals surface area contributed by atoms with Crippen LogP contribution in [0.3, 0.4) is 0 Å². The predicted octanol–water partition coefficient (Wildman–Crippen LogP) is 5.68. The standard InChI is InChI=1S/C23H23Cl2NO4S/c1-29-14-17-7-9-21(13-19(17)15-30-2)31(27,28)26-23-10-8-20(24)12-18(23)11-16-5-3-4-6-22(16)25/h3-10,12-13,26H,11,14-15H2,1-2H3. The van der Waals surface area contributed by atoms with E-state index in [0.29, 0.717) is 28.8 Å². The second-order valence-corrected chi connectivity index (χ2v) is 9.50. The number of hydrogen-bond acceptors (Lipinski definition) is 4. The van der Waals surface area contributed by atoms with Crippen LogP contribution in [0.2, 0.25) is 10.0 Å². The second-order valence-electron chi connectivity index (χ2n) is 6.97. The Hall–Kier alpha value is -2.09. The molecule has 5 nitrogen and oxygen atoms in total. The molecule has 0 atom stereocenters. The number of methoxy groups -OCH3 is 2. The number of benzene rings is 3. The minimum absolute atomic E-state index is 0.137. The minimum atomic E-state index is -3.85. The first-order valence-corrected chi connectivity index (χ1v) is 11.7. The number of sulfonamides is 1. The van der Waals surface area contributed by atoms with Crippen LogP contribution < -0.4 is 4.72 Å². The van der Waals surface area contributed by atoms with Gasteiger partial charge in [0.15, 0.2) is 0 Å². The van der Waals surface area contributed by atoms with Gasteiger partial charge in [0.2, 0.25) is 0 Å². The van der Waals surface area contributed by atoms with Crippen molar-refractivity contribution in [2.24, 2.45) is 0 Å². The highest BCUT2D eigenvalue weighted by atomic mass is 35.5. The molecule has 0 saturated carbocycles. The number of hydrogen-bond donors (Lipinski definition) is 1. The van der Waals surface area contributed by atoms with Gasteiger partial charge in [-0.05, 0) is 58.7 Å². The van der Waals surface area contributed by atoms with Gasteiger partial charge in [0.1, 0.15) is 0 Å². The molecule has 0 fully saturated rings. The Morgan fingerprint density at radius 3 is 2.23 bits per heavy atom. The lowest BCUT2D eigenvalue weighted by atomic mass is 10.0. The lowest BCUT2D eigenvalue weighted by Gasteiger charge is -2.15. The van der Waals surface area contributed by atoms with E-state index in [9.17, 15) is 8.42 Å². The maximum atomic E-state index is 13.1. The first-order chi connectivity index (χ1) is 14.8. The van der Waals surface area contributed by atoms with E-state index < -0.39 is 10.0 Å². The normalized spacial score (nSPS) is 11.5. The van der Waals surface area contributed by atoms with Crippen LogP contribution in [0.1, 0.15) is 22.3 Å². The van der Waals surface area contributed by atoms with Gasteiger partial charge in [0.25, 0.3) is 10.0 Å². The molecule has 8 heteroatoms. The summed E-state index contributed by atoms with van der Waals surface area (Å²) in [6.07, 6.45) is 0.430. The summed E-state index contributed by atoms with van der Waals surface area (Å²) in [5.74, 6) is 0. The fraction of sp³-hybridized carbons (Fsp3) is 0.217. The van der Waals surface area contributed by atoms with Crippen LogP contribution in [0.15, 0.2) is 65.6 Å². The zero-order valence-electron chi connectivity index (χ0n) is 17.2. The van der Waals surface area contributed by atoms with Crippen LogP contribution in [0.4, 0.5) is 5.69 Å². The highest BCUT2D eigenvalue weighted by molar-refractivity contribution is 7.92. The maximum absolute atomic E-state index is 13.1. The van der Waals surface area contributed by atoms with Gasteiger partial charge in [0, 0.05) is 30.7 Å². The Morgan fingerprint density at radius 1 is 0.806 bits per heavy atom. The van der Waals surface area contributed by atoms with Gasteiger partial charge in [-0.1, -0.05) is 47.5 Å². The quantitative estimate of drug-likeness (QED) is 0.428. The number of nitrogens with one attached hydrogen (secondary N) is 1. The van der Waals surface area contributed by atoms with Crippen LogP contribution >= 0.6 is 23.2 Å². The zero-order valence-corrected chi connectivity index (χ0v) is 19.5. The minimum Gasteiger partial charge on any atom is -0.380 e. The molecule has 0 amide bonds. The van der Waals surface area contributed by atoms with Crippen molar-refractivity contribution in [3.63, 3.8) is 0 Å². The topological polar surface area (TPSA) is 64.6 Å². The average molecular weight is 480 g/mol. The van der Waals surface area contributed by atoms with Gasteiger partial charge >= 0.3 is 0 Å². The molecule has 0 aliphatic heterocycles. The third-order valence-corrected chi connectivity index (χ3v) is 6.71. The largest absolute Gasteiger partial charge is 0.380 e. The van der Waals surface area contributed by atoms with E-state index in [1.165, 1.54) is 0 Å². The van der Waals surface area contributed by atoms with Crippen molar-refractivity contribution < 1.29 is 17.9 Å². The molecule has 0 aliphatic carbocycles. The van der Waals surface area contributed by atoms with E-state index in [1.54, 1.807) is 56.7 Å². The van der Waals surface area contributed by atoms with Crippen molar-refractivity contribution in [2.75, 3.05) is 18.9 Å². The van der Waals surface area contributed by atoms with E-state index in [-0.39, 0.29) is 11.5 Å². The van der Waals surface area contributed by atoms with Gasteiger partial charge < -0.3 is 9.47 Å². The van der Waals surface area contributed by atoms with Crippen molar-refractivity contribution >= 4 is 38.9 Å². The monoisotopic (exact) mass is 479 g/mol. The van der Waals surface area contributed by atoms with Crippen molar-refractivity contribution in [1.29, 1.82) is 0 Å². The smallest absolute Gasteiger partial charge is 0.261 e. The van der Waals surface area contributed by atoms with Crippen molar-refractivity contribution in [3.05, 3.63) is 93.0 Å². The number of halogens is 2. The van der Waals surface area contributed by atoms with Gasteiger partial charge in [-0.15, -0.1) is 0 Å². The number of rotatable bonds is 9. The number of anilines is 1. The highest BCUT2D eigenvalue weighted by Gasteiger charge is 2.19. The molecule has 0 heterocycles. The molecule has 0 aliphatic rings. The van der Waals surface area contributed by atoms with Gasteiger partial charge in [-0.3, -0.25) is 4.72 Å². The van der Waals surface area contributed by atoms with E-state index >= 15 is 0 Å². The van der Waals surface area contributed by atoms with E-state index in [4.69, 9.17) is 32.7 Å². The summed E-state index contributed by atoms with van der Waals surface area (Å²) in [6, 6.07) is 17.3. The predicted molar refractivity (Wildman–Crippen MR) is 124 cm³/mol. The fourth-order valence-corrected chi connectivity index (χ4v) is 4.76. The average Bonchev–Trinajstić information content (AvgIpc) is 2.73. The lowest BCUT2D eigenvalue weighted by molar-refractivity contribution is 0.168. The molecule has 3 aromatic rings. The molecule has 3 rings (SSSR count). The molecule has 0 spiro atoms. The van der Waals surface area contributed by atoms with Crippen LogP contribution in [0, 0.1) is 0 Å². The Kier molecular flexibility index (Phi) is 7.97. The van der Waals surface area contributed by atoms with Crippen molar-refractivity contribution in [1.82, 2.24) is 0 Å². The van der Waals surface area contributed by atoms with Gasteiger partial charge in [0.05, 0.1) is 23.8 Å². The Bertz CT molecular complexity index is 1170. The third-order valence-electron chi connectivity index (χ3n) is 4.74. The maximum Gasteiger partial charge on any atom is 0.261 e. The summed E-state index contributed by atoms with van der Waals surface area (Å²) in [4.78, 5) is 0.137. The molecule has 0 radical (unpaired) electrons. The van der Waals surface area contributed by atoms with Crippen LogP contribution in [0.5, 0.6) is 0 Å². The third kappa shape index (κ3) is 5.99. The van der Waals surface area contributed by atoms with E-state index in [0.717, 1.165) is 22.3 Å². The van der Waals surface area contributed by atoms with Gasteiger partial charge in [-0.25, -0.2) is 8.42 Å². The summed E-state index contributed by atoms with van der Waals surface area (Å²) in [5, 5.41) is 1.12. The summed E-state index contributed by atoms with van der Waals surface area (Å²) in [6.45, 7) is 0.645. The van der Waals surface area contributed by atoms with Crippen LogP contribution in [-0.2, 0) is 39.1 Å². The second kappa shape index (κ2) is 10.5. The van der Waals surface area contributed by atoms with Crippen molar-refractivity contribution in [2.45, 2.75) is 24.5 Å². The molecular weight excluding hydrogens is 457 g/mol. The van der Waals surface area contributed by atoms with E-state index in [1.807, 2.05) is 18.2 Å². The first-order valence-electron chi connectivity index (χ1n) is 9.48. The summed E-state index contributed by atoms with van der Waals surface area (Å²) in [7, 11) is -0.699. The Morgan fingerprint density at radius 2 is 1.52 bits per heavy atom. The molecular formula is C23H23Cl2NO4S. The Balaban J connectivity index is 1.94. The molecule has 0 saturated heterocycles. The summed E-state index contributed by atoms with van der Waals surface area (Å²) < 4.78 is 39.4. The van der Waals surface area contributed by atoms with Gasteiger partial charge in [-0.2, -0.15) is 0 Å². The first kappa shape index (κ1) is 23.6. The highest BCUT2D eigenvalue weighted by Crippen LogP contribution is 2.28. The zero-order chi connectivity index (χ0) is 22.4. The molecule has 0 bridgehead atoms. The molecule has 164 valence electrons. The summed E-state index contributed by atoms with van der Waals surface area (Å²) >= 11 is 12.5. The molecule has 31 heavy (non-hydrogen) atoms. The van der Waals surface area contributed by atoms with Crippen LogP contribution in [0.25, 0.3) is 0 Å². The summed E-state index contributed by atoms with van der Waals surface area (Å²) in [5.41, 5.74) is 3.66. The Labute approximate surface area is 193 Å². The van der Waals surface area contributed by atoms with Crippen molar-refractivity contribution in [3.8, 4) is 0 Å². The molecule has 3 aromatic carbocycles. The SMILES string of the molecule is COCc1ccc(S(=O)(=O)Nc2ccc(Cl)cc2Cc2ccccc2Cl)cc1COC. The molecule has 0 aromatic heterocycles. The van der Waals surface area contributed by atoms with E-state index in [2.05, 4.69) is 4.72 Å². The molecule has 1 N–H and O–H groups in total. The van der Waals surface area contributed by atoms with Crippen LogP contribution in [-0.4, -0.2) is 22.6 Å². The lowest BCUT2D eigenvalue weighted by Crippen LogP contribution is -2.15. The molecule has 0 unspecified atom stereocenters. The number of ether oxygens (including phenoxy) is 2. The fourth-order valence-electron chi connectivity index (χ4n) is 3.21.